The lowest BCUT2D eigenvalue weighted by Crippen LogP contribution is -2.44. The number of hydrogen-bond acceptors (Lipinski definition) is 7. The number of nitrogens with zero attached hydrogens (tertiary/aromatic N) is 3. The van der Waals surface area contributed by atoms with E-state index >= 15 is 0 Å². The van der Waals surface area contributed by atoms with Crippen LogP contribution in [0.25, 0.3) is 10.2 Å². The highest BCUT2D eigenvalue weighted by molar-refractivity contribution is 8.00. The number of hydrogen-bond donors (Lipinski definition) is 0. The predicted octanol–water partition coefficient (Wildman–Crippen LogP) is 2.21. The molecule has 0 spiro atoms. The number of carbonyl (C=O) groups is 1. The van der Waals surface area contributed by atoms with Gasteiger partial charge < -0.3 is 4.90 Å². The minimum Gasteiger partial charge on any atom is -0.338 e. The van der Waals surface area contributed by atoms with Gasteiger partial charge in [0.1, 0.15) is 11.4 Å². The first-order valence-electron chi connectivity index (χ1n) is 7.77. The van der Waals surface area contributed by atoms with Crippen LogP contribution in [0.5, 0.6) is 0 Å². The number of aromatic nitrogens is 2. The van der Waals surface area contributed by atoms with Gasteiger partial charge in [0, 0.05) is 12.6 Å². The molecule has 0 N–H and O–H groups in total. The van der Waals surface area contributed by atoms with Crippen molar-refractivity contribution >= 4 is 49.1 Å². The molecule has 1 saturated heterocycles. The monoisotopic (exact) mass is 385 g/mol. The average molecular weight is 386 g/mol. The molecule has 2 aromatic heterocycles. The topological polar surface area (TPSA) is 80.2 Å². The quantitative estimate of drug-likeness (QED) is 0.580. The standard InChI is InChI=1S/C15H19N3O3S3/c1-3-18(11-5-7-24(20,21)8-11)15(19)10(2)23-14-13-12(4-6-22-13)16-9-17-14/h4,6,9-11H,3,5,7-8H2,1-2H3. The summed E-state index contributed by atoms with van der Waals surface area (Å²) < 4.78 is 24.4. The van der Waals surface area contributed by atoms with Crippen LogP contribution in [-0.2, 0) is 14.6 Å². The molecule has 1 fully saturated rings. The molecule has 0 aliphatic carbocycles. The van der Waals surface area contributed by atoms with Gasteiger partial charge in [-0.15, -0.1) is 11.3 Å². The Morgan fingerprint density at radius 3 is 2.96 bits per heavy atom. The summed E-state index contributed by atoms with van der Waals surface area (Å²) in [6.45, 7) is 4.26. The lowest BCUT2D eigenvalue weighted by molar-refractivity contribution is -0.131. The maximum Gasteiger partial charge on any atom is 0.236 e. The van der Waals surface area contributed by atoms with Crippen molar-refractivity contribution in [2.45, 2.75) is 36.6 Å². The van der Waals surface area contributed by atoms with Crippen molar-refractivity contribution in [3.63, 3.8) is 0 Å². The zero-order valence-corrected chi connectivity index (χ0v) is 16.0. The molecule has 0 radical (unpaired) electrons. The summed E-state index contributed by atoms with van der Waals surface area (Å²) in [7, 11) is -3.01. The fourth-order valence-corrected chi connectivity index (χ4v) is 6.55. The summed E-state index contributed by atoms with van der Waals surface area (Å²) in [4.78, 5) is 23.0. The van der Waals surface area contributed by atoms with Gasteiger partial charge in [-0.1, -0.05) is 11.8 Å². The van der Waals surface area contributed by atoms with Crippen LogP contribution in [0.4, 0.5) is 0 Å². The maximum atomic E-state index is 12.8. The van der Waals surface area contributed by atoms with E-state index < -0.39 is 9.84 Å². The SMILES string of the molecule is CCN(C(=O)C(C)Sc1ncnc2ccsc12)C1CCS(=O)(=O)C1. The molecule has 2 atom stereocenters. The van der Waals surface area contributed by atoms with E-state index in [-0.39, 0.29) is 28.7 Å². The van der Waals surface area contributed by atoms with Gasteiger partial charge in [0.25, 0.3) is 0 Å². The Bertz CT molecular complexity index is 850. The Labute approximate surface area is 149 Å². The first kappa shape index (κ1) is 17.6. The van der Waals surface area contributed by atoms with Crippen LogP contribution in [0.15, 0.2) is 22.8 Å². The molecule has 0 aromatic carbocycles. The van der Waals surface area contributed by atoms with Crippen LogP contribution in [0.3, 0.4) is 0 Å². The fraction of sp³-hybridized carbons (Fsp3) is 0.533. The minimum atomic E-state index is -3.01. The van der Waals surface area contributed by atoms with Crippen LogP contribution < -0.4 is 0 Å². The van der Waals surface area contributed by atoms with Gasteiger partial charge >= 0.3 is 0 Å². The number of sulfone groups is 1. The normalized spacial score (nSPS) is 21.0. The van der Waals surface area contributed by atoms with Gasteiger partial charge in [0.05, 0.1) is 27.0 Å². The van der Waals surface area contributed by atoms with Crippen LogP contribution in [0, 0.1) is 0 Å². The summed E-state index contributed by atoms with van der Waals surface area (Å²) in [6, 6.07) is 1.72. The third-order valence-electron chi connectivity index (χ3n) is 4.12. The van der Waals surface area contributed by atoms with E-state index in [1.807, 2.05) is 25.3 Å². The van der Waals surface area contributed by atoms with Gasteiger partial charge in [0.2, 0.25) is 5.91 Å². The van der Waals surface area contributed by atoms with Gasteiger partial charge in [-0.3, -0.25) is 4.79 Å². The predicted molar refractivity (Wildman–Crippen MR) is 97.2 cm³/mol. The first-order chi connectivity index (χ1) is 11.4. The number of thiophene rings is 1. The van der Waals surface area contributed by atoms with Crippen molar-refractivity contribution in [2.75, 3.05) is 18.1 Å². The van der Waals surface area contributed by atoms with Crippen molar-refractivity contribution in [3.05, 3.63) is 17.8 Å². The van der Waals surface area contributed by atoms with Crippen LogP contribution >= 0.6 is 23.1 Å². The highest BCUT2D eigenvalue weighted by Crippen LogP contribution is 2.32. The highest BCUT2D eigenvalue weighted by Gasteiger charge is 2.35. The highest BCUT2D eigenvalue weighted by atomic mass is 32.2. The molecule has 2 unspecified atom stereocenters. The third-order valence-corrected chi connectivity index (χ3v) is 8.00. The lowest BCUT2D eigenvalue weighted by atomic mass is 10.2. The Kier molecular flexibility index (Phi) is 5.12. The van der Waals surface area contributed by atoms with Crippen molar-refractivity contribution < 1.29 is 13.2 Å². The zero-order chi connectivity index (χ0) is 17.3. The van der Waals surface area contributed by atoms with E-state index in [0.717, 1.165) is 15.2 Å². The third kappa shape index (κ3) is 3.57. The Balaban J connectivity index is 1.75. The number of rotatable bonds is 5. The molecular weight excluding hydrogens is 366 g/mol. The van der Waals surface area contributed by atoms with Crippen molar-refractivity contribution in [2.24, 2.45) is 0 Å². The summed E-state index contributed by atoms with van der Waals surface area (Å²) >= 11 is 2.96. The van der Waals surface area contributed by atoms with Crippen molar-refractivity contribution in [1.29, 1.82) is 0 Å². The van der Waals surface area contributed by atoms with E-state index in [4.69, 9.17) is 0 Å². The Hall–Kier alpha value is -1.19. The molecule has 1 amide bonds. The number of fused-ring (bicyclic) bond motifs is 1. The van der Waals surface area contributed by atoms with Crippen molar-refractivity contribution in [3.8, 4) is 0 Å². The summed E-state index contributed by atoms with van der Waals surface area (Å²) in [5, 5.41) is 2.43. The van der Waals surface area contributed by atoms with Gasteiger partial charge in [0.15, 0.2) is 9.84 Å². The largest absolute Gasteiger partial charge is 0.338 e. The van der Waals surface area contributed by atoms with Crippen LogP contribution in [0.1, 0.15) is 20.3 Å². The maximum absolute atomic E-state index is 12.8. The van der Waals surface area contributed by atoms with E-state index in [1.54, 1.807) is 16.2 Å². The molecule has 24 heavy (non-hydrogen) atoms. The van der Waals surface area contributed by atoms with Crippen LogP contribution in [0.2, 0.25) is 0 Å². The molecule has 1 aliphatic heterocycles. The van der Waals surface area contributed by atoms with E-state index in [1.165, 1.54) is 18.1 Å². The summed E-state index contributed by atoms with van der Waals surface area (Å²) in [5.74, 6) is 0.213. The number of carbonyl (C=O) groups excluding carboxylic acids is 1. The number of amides is 1. The summed E-state index contributed by atoms with van der Waals surface area (Å²) in [6.07, 6.45) is 2.04. The molecule has 3 heterocycles. The van der Waals surface area contributed by atoms with Crippen LogP contribution in [-0.4, -0.2) is 58.5 Å². The molecule has 9 heteroatoms. The molecule has 0 bridgehead atoms. The first-order valence-corrected chi connectivity index (χ1v) is 11.3. The Morgan fingerprint density at radius 2 is 2.29 bits per heavy atom. The fourth-order valence-electron chi connectivity index (χ4n) is 2.92. The molecule has 2 aromatic rings. The smallest absolute Gasteiger partial charge is 0.236 e. The molecular formula is C15H19N3O3S3. The molecule has 0 saturated carbocycles. The number of thioether (sulfide) groups is 1. The Morgan fingerprint density at radius 1 is 1.50 bits per heavy atom. The van der Waals surface area contributed by atoms with E-state index in [9.17, 15) is 13.2 Å². The van der Waals surface area contributed by atoms with Crippen molar-refractivity contribution in [1.82, 2.24) is 14.9 Å². The molecule has 130 valence electrons. The lowest BCUT2D eigenvalue weighted by Gasteiger charge is -2.29. The minimum absolute atomic E-state index is 0.0343. The van der Waals surface area contributed by atoms with Gasteiger partial charge in [-0.2, -0.15) is 0 Å². The van der Waals surface area contributed by atoms with Gasteiger partial charge in [-0.25, -0.2) is 18.4 Å². The average Bonchev–Trinajstić information content (AvgIpc) is 3.15. The van der Waals surface area contributed by atoms with E-state index in [0.29, 0.717) is 13.0 Å². The molecule has 1 aliphatic rings. The zero-order valence-electron chi connectivity index (χ0n) is 13.5. The second-order valence-corrected chi connectivity index (χ2v) is 10.2. The van der Waals surface area contributed by atoms with E-state index in [2.05, 4.69) is 9.97 Å². The second kappa shape index (κ2) is 6.97. The second-order valence-electron chi connectivity index (χ2n) is 5.75. The van der Waals surface area contributed by atoms with Gasteiger partial charge in [-0.05, 0) is 31.7 Å². The summed E-state index contributed by atoms with van der Waals surface area (Å²) in [5.41, 5.74) is 0.881. The molecule has 6 nitrogen and oxygen atoms in total. The molecule has 3 rings (SSSR count).